The number of nitrogens with zero attached hydrogens (tertiary/aromatic N) is 1. The van der Waals surface area contributed by atoms with Crippen molar-refractivity contribution in [2.45, 2.75) is 6.42 Å². The summed E-state index contributed by atoms with van der Waals surface area (Å²) < 4.78 is 0. The molecule has 3 nitrogen and oxygen atoms in total. The summed E-state index contributed by atoms with van der Waals surface area (Å²) >= 11 is 0. The molecule has 1 aromatic carbocycles. The van der Waals surface area contributed by atoms with E-state index >= 15 is 0 Å². The number of carbonyl (C=O) groups excluding carboxylic acids is 1. The Bertz CT molecular complexity index is 448. The monoisotopic (exact) mass is 160 g/mol. The van der Waals surface area contributed by atoms with Crippen molar-refractivity contribution in [1.82, 2.24) is 0 Å². The summed E-state index contributed by atoms with van der Waals surface area (Å²) in [5.74, 6) is -0.0905. The molecule has 0 fully saturated rings. The van der Waals surface area contributed by atoms with Crippen LogP contribution in [0.25, 0.3) is 6.08 Å². The lowest BCUT2D eigenvalue weighted by Crippen LogP contribution is -2.29. The maximum absolute atomic E-state index is 10.9. The van der Waals surface area contributed by atoms with Crippen LogP contribution in [-0.2, 0) is 4.79 Å². The molecule has 1 amide bonds. The third kappa shape index (κ3) is 1.09. The van der Waals surface area contributed by atoms with E-state index in [-0.39, 0.29) is 5.91 Å². The summed E-state index contributed by atoms with van der Waals surface area (Å²) in [6.07, 6.45) is 2.23. The van der Waals surface area contributed by atoms with Crippen LogP contribution < -0.4 is 16.3 Å². The van der Waals surface area contributed by atoms with Gasteiger partial charge in [0.25, 0.3) is 0 Å². The Morgan fingerprint density at radius 2 is 2.25 bits per heavy atom. The quantitative estimate of drug-likeness (QED) is 0.525. The van der Waals surface area contributed by atoms with Gasteiger partial charge in [0, 0.05) is 12.1 Å². The molecule has 1 heterocycles. The second-order valence-corrected chi connectivity index (χ2v) is 2.73. The van der Waals surface area contributed by atoms with Crippen molar-refractivity contribution in [2.24, 2.45) is 4.99 Å². The van der Waals surface area contributed by atoms with Gasteiger partial charge < -0.3 is 5.73 Å². The van der Waals surface area contributed by atoms with E-state index in [1.165, 1.54) is 0 Å². The Balaban J connectivity index is 2.79. The van der Waals surface area contributed by atoms with Gasteiger partial charge in [0.15, 0.2) is 0 Å². The topological polar surface area (TPSA) is 55.5 Å². The van der Waals surface area contributed by atoms with Crippen LogP contribution in [0.2, 0.25) is 0 Å². The minimum atomic E-state index is -0.0905. The third-order valence-electron chi connectivity index (χ3n) is 1.79. The number of anilines is 1. The normalized spacial score (nSPS) is 14.5. The van der Waals surface area contributed by atoms with Gasteiger partial charge in [-0.05, 0) is 23.4 Å². The van der Waals surface area contributed by atoms with Crippen molar-refractivity contribution in [3.8, 4) is 0 Å². The fourth-order valence-corrected chi connectivity index (χ4v) is 1.22. The molecule has 0 saturated heterocycles. The summed E-state index contributed by atoms with van der Waals surface area (Å²) in [6, 6.07) is 5.33. The van der Waals surface area contributed by atoms with Crippen LogP contribution in [0.1, 0.15) is 6.42 Å². The Morgan fingerprint density at radius 1 is 1.42 bits per heavy atom. The molecule has 0 saturated carbocycles. The lowest BCUT2D eigenvalue weighted by Gasteiger charge is -1.98. The molecule has 2 N–H and O–H groups in total. The highest BCUT2D eigenvalue weighted by Gasteiger charge is 2.01. The molecule has 0 atom stereocenters. The second kappa shape index (κ2) is 2.44. The predicted molar refractivity (Wildman–Crippen MR) is 45.7 cm³/mol. The third-order valence-corrected chi connectivity index (χ3v) is 1.79. The van der Waals surface area contributed by atoms with Crippen molar-refractivity contribution in [1.29, 1.82) is 0 Å². The van der Waals surface area contributed by atoms with Gasteiger partial charge in [-0.3, -0.25) is 4.79 Å². The zero-order valence-electron chi connectivity index (χ0n) is 6.45. The highest BCUT2D eigenvalue weighted by molar-refractivity contribution is 5.83. The molecule has 0 radical (unpaired) electrons. The van der Waals surface area contributed by atoms with Crippen LogP contribution in [0.15, 0.2) is 23.2 Å². The number of hydrogen-bond acceptors (Lipinski definition) is 2. The van der Waals surface area contributed by atoms with Crippen LogP contribution in [0.5, 0.6) is 0 Å². The number of amides is 1. The first-order valence-electron chi connectivity index (χ1n) is 3.73. The lowest BCUT2D eigenvalue weighted by atomic mass is 10.2. The van der Waals surface area contributed by atoms with Crippen LogP contribution in [0.4, 0.5) is 5.69 Å². The Labute approximate surface area is 69.2 Å². The van der Waals surface area contributed by atoms with Crippen molar-refractivity contribution in [2.75, 3.05) is 5.73 Å². The van der Waals surface area contributed by atoms with E-state index in [9.17, 15) is 4.79 Å². The van der Waals surface area contributed by atoms with Gasteiger partial charge in [-0.2, -0.15) is 0 Å². The number of nitrogens with two attached hydrogens (primary N) is 1. The van der Waals surface area contributed by atoms with E-state index in [1.807, 2.05) is 12.1 Å². The first kappa shape index (κ1) is 7.03. The molecule has 12 heavy (non-hydrogen) atoms. The molecule has 0 unspecified atom stereocenters. The Morgan fingerprint density at radius 3 is 3.08 bits per heavy atom. The van der Waals surface area contributed by atoms with Crippen molar-refractivity contribution in [3.63, 3.8) is 0 Å². The average molecular weight is 160 g/mol. The maximum Gasteiger partial charge on any atom is 0.250 e. The van der Waals surface area contributed by atoms with Gasteiger partial charge in [0.1, 0.15) is 0 Å². The maximum atomic E-state index is 10.9. The van der Waals surface area contributed by atoms with Crippen LogP contribution in [0.3, 0.4) is 0 Å². The summed E-state index contributed by atoms with van der Waals surface area (Å²) in [5, 5.41) is 1.68. The number of rotatable bonds is 0. The first-order chi connectivity index (χ1) is 5.75. The highest BCUT2D eigenvalue weighted by Crippen LogP contribution is 1.94. The van der Waals surface area contributed by atoms with Crippen molar-refractivity contribution >= 4 is 17.7 Å². The van der Waals surface area contributed by atoms with Gasteiger partial charge >= 0.3 is 0 Å². The highest BCUT2D eigenvalue weighted by atomic mass is 16.1. The van der Waals surface area contributed by atoms with Crippen LogP contribution >= 0.6 is 0 Å². The predicted octanol–water partition coefficient (Wildman–Crippen LogP) is -0.401. The van der Waals surface area contributed by atoms with Gasteiger partial charge in [0.05, 0.1) is 5.36 Å². The average Bonchev–Trinajstić information content (AvgIpc) is 2.05. The molecule has 0 aromatic heterocycles. The fourth-order valence-electron chi connectivity index (χ4n) is 1.22. The number of fused-ring (bicyclic) bond motifs is 1. The zero-order valence-corrected chi connectivity index (χ0v) is 6.45. The zero-order chi connectivity index (χ0) is 8.55. The molecule has 60 valence electrons. The number of nitrogen functional groups attached to an aromatic ring is 1. The lowest BCUT2D eigenvalue weighted by molar-refractivity contribution is -0.117. The van der Waals surface area contributed by atoms with Gasteiger partial charge in [-0.25, -0.2) is 4.99 Å². The fraction of sp³-hybridized carbons (Fsp3) is 0.111. The van der Waals surface area contributed by atoms with E-state index in [0.29, 0.717) is 12.1 Å². The summed E-state index contributed by atoms with van der Waals surface area (Å²) in [4.78, 5) is 14.7. The van der Waals surface area contributed by atoms with E-state index in [2.05, 4.69) is 4.99 Å². The van der Waals surface area contributed by atoms with Crippen molar-refractivity contribution in [3.05, 3.63) is 28.8 Å². The summed E-state index contributed by atoms with van der Waals surface area (Å²) in [7, 11) is 0. The molecule has 1 aliphatic rings. The second-order valence-electron chi connectivity index (χ2n) is 2.73. The minimum Gasteiger partial charge on any atom is -0.399 e. The summed E-state index contributed by atoms with van der Waals surface area (Å²) in [5.41, 5.74) is 6.27. The van der Waals surface area contributed by atoms with Gasteiger partial charge in [0.2, 0.25) is 5.91 Å². The molecule has 2 rings (SSSR count). The van der Waals surface area contributed by atoms with E-state index in [0.717, 1.165) is 10.6 Å². The van der Waals surface area contributed by atoms with Gasteiger partial charge in [-0.15, -0.1) is 0 Å². The standard InChI is InChI=1S/C9H8N2O/c10-7-2-3-8-6(5-7)1-4-9(12)11-8/h1-3,5H,4,10H2. The number of carbonyl (C=O) groups is 1. The number of hydrogen-bond donors (Lipinski definition) is 1. The first-order valence-corrected chi connectivity index (χ1v) is 3.73. The molecule has 3 heteroatoms. The molecular formula is C9H8N2O. The SMILES string of the molecule is Nc1ccc2c(c1)=CCC(=O)N=2. The molecule has 0 spiro atoms. The largest absolute Gasteiger partial charge is 0.399 e. The van der Waals surface area contributed by atoms with Crippen molar-refractivity contribution < 1.29 is 4.79 Å². The van der Waals surface area contributed by atoms with E-state index < -0.39 is 0 Å². The molecular weight excluding hydrogens is 152 g/mol. The molecule has 1 aliphatic heterocycles. The van der Waals surface area contributed by atoms with E-state index in [1.54, 1.807) is 12.1 Å². The molecule has 1 aromatic rings. The smallest absolute Gasteiger partial charge is 0.250 e. The Hall–Kier alpha value is -1.64. The van der Waals surface area contributed by atoms with E-state index in [4.69, 9.17) is 5.73 Å². The van der Waals surface area contributed by atoms with Crippen LogP contribution in [-0.4, -0.2) is 5.91 Å². The minimum absolute atomic E-state index is 0.0905. The Kier molecular flexibility index (Phi) is 1.43. The molecule has 0 bridgehead atoms. The summed E-state index contributed by atoms with van der Waals surface area (Å²) in [6.45, 7) is 0. The number of benzene rings is 1. The van der Waals surface area contributed by atoms with Gasteiger partial charge in [-0.1, -0.05) is 6.08 Å². The molecule has 0 aliphatic carbocycles. The van der Waals surface area contributed by atoms with Crippen LogP contribution in [0, 0.1) is 0 Å².